The van der Waals surface area contributed by atoms with Crippen LogP contribution in [-0.4, -0.2) is 18.3 Å². The maximum Gasteiger partial charge on any atom is 0.101 e. The van der Waals surface area contributed by atoms with E-state index in [9.17, 15) is 0 Å². The molecule has 0 spiro atoms. The second-order valence-corrected chi connectivity index (χ2v) is 3.90. The Morgan fingerprint density at radius 3 is 2.54 bits per heavy atom. The van der Waals surface area contributed by atoms with E-state index in [1.165, 1.54) is 5.56 Å². The summed E-state index contributed by atoms with van der Waals surface area (Å²) in [6.45, 7) is 2.27. The van der Waals surface area contributed by atoms with Gasteiger partial charge in [-0.25, -0.2) is 0 Å². The Morgan fingerprint density at radius 1 is 1.23 bits per heavy atom. The molecular weight excluding hydrogens is 230 g/mol. The summed E-state index contributed by atoms with van der Waals surface area (Å²) in [6.07, 6.45) is 0.872. The zero-order chi connectivity index (χ0) is 9.52. The summed E-state index contributed by atoms with van der Waals surface area (Å²) in [5, 5.41) is 10.8. The lowest BCUT2D eigenvalue weighted by Crippen LogP contribution is -2.82. The molecular formula is C10H15BrNO+. The number of benzene rings is 1. The maximum atomic E-state index is 8.57. The molecule has 1 aromatic carbocycles. The second kappa shape index (κ2) is 6.13. The van der Waals surface area contributed by atoms with Crippen LogP contribution in [0.1, 0.15) is 12.0 Å². The smallest absolute Gasteiger partial charge is 0.101 e. The minimum atomic E-state index is 0.289. The third kappa shape index (κ3) is 4.41. The third-order valence-corrected chi connectivity index (χ3v) is 2.39. The van der Waals surface area contributed by atoms with E-state index in [4.69, 9.17) is 5.11 Å². The van der Waals surface area contributed by atoms with Gasteiger partial charge in [-0.2, -0.15) is 0 Å². The SMILES string of the molecule is OCCC[NH2+]Cc1ccc(Br)cc1. The van der Waals surface area contributed by atoms with Crippen LogP contribution in [0.5, 0.6) is 0 Å². The lowest BCUT2D eigenvalue weighted by atomic mass is 10.2. The van der Waals surface area contributed by atoms with E-state index in [0.29, 0.717) is 0 Å². The van der Waals surface area contributed by atoms with Gasteiger partial charge in [0.25, 0.3) is 0 Å². The summed E-state index contributed by atoms with van der Waals surface area (Å²) in [4.78, 5) is 0. The molecule has 3 heteroatoms. The molecule has 13 heavy (non-hydrogen) atoms. The summed E-state index contributed by atoms with van der Waals surface area (Å²) >= 11 is 3.40. The van der Waals surface area contributed by atoms with Crippen LogP contribution in [0.3, 0.4) is 0 Å². The highest BCUT2D eigenvalue weighted by molar-refractivity contribution is 9.10. The first-order valence-electron chi connectivity index (χ1n) is 4.50. The highest BCUT2D eigenvalue weighted by Crippen LogP contribution is 2.09. The molecule has 1 aromatic rings. The van der Waals surface area contributed by atoms with Crippen molar-refractivity contribution in [1.29, 1.82) is 0 Å². The number of hydrogen-bond acceptors (Lipinski definition) is 1. The summed E-state index contributed by atoms with van der Waals surface area (Å²) in [5.74, 6) is 0. The van der Waals surface area contributed by atoms with Crippen molar-refractivity contribution >= 4 is 15.9 Å². The minimum absolute atomic E-state index is 0.289. The Bertz CT molecular complexity index is 235. The summed E-state index contributed by atoms with van der Waals surface area (Å²) in [7, 11) is 0. The van der Waals surface area contributed by atoms with Crippen LogP contribution < -0.4 is 5.32 Å². The van der Waals surface area contributed by atoms with E-state index >= 15 is 0 Å². The molecule has 0 saturated heterocycles. The Hall–Kier alpha value is -0.380. The topological polar surface area (TPSA) is 36.8 Å². The van der Waals surface area contributed by atoms with Gasteiger partial charge in [-0.15, -0.1) is 0 Å². The molecule has 0 aliphatic carbocycles. The number of aliphatic hydroxyl groups is 1. The number of aliphatic hydroxyl groups excluding tert-OH is 1. The van der Waals surface area contributed by atoms with Crippen molar-refractivity contribution in [3.63, 3.8) is 0 Å². The van der Waals surface area contributed by atoms with E-state index < -0.39 is 0 Å². The Labute approximate surface area is 87.1 Å². The van der Waals surface area contributed by atoms with Gasteiger partial charge in [0.15, 0.2) is 0 Å². The minimum Gasteiger partial charge on any atom is -0.396 e. The first-order chi connectivity index (χ1) is 6.33. The highest BCUT2D eigenvalue weighted by Gasteiger charge is 1.94. The number of rotatable bonds is 5. The van der Waals surface area contributed by atoms with Crippen molar-refractivity contribution in [2.45, 2.75) is 13.0 Å². The molecule has 0 amide bonds. The molecule has 0 saturated carbocycles. The van der Waals surface area contributed by atoms with Gasteiger partial charge < -0.3 is 10.4 Å². The average molecular weight is 245 g/mol. The van der Waals surface area contributed by atoms with Gasteiger partial charge in [-0.05, 0) is 12.1 Å². The van der Waals surface area contributed by atoms with Crippen LogP contribution in [0.25, 0.3) is 0 Å². The van der Waals surface area contributed by atoms with Crippen molar-refractivity contribution in [2.75, 3.05) is 13.2 Å². The monoisotopic (exact) mass is 244 g/mol. The molecule has 1 rings (SSSR count). The first-order valence-corrected chi connectivity index (χ1v) is 5.29. The molecule has 0 aromatic heterocycles. The lowest BCUT2D eigenvalue weighted by Gasteiger charge is -2.00. The molecule has 0 bridgehead atoms. The fourth-order valence-corrected chi connectivity index (χ4v) is 1.39. The van der Waals surface area contributed by atoms with Gasteiger partial charge in [-0.1, -0.05) is 28.1 Å². The summed E-state index contributed by atoms with van der Waals surface area (Å²) < 4.78 is 1.12. The first kappa shape index (κ1) is 10.7. The van der Waals surface area contributed by atoms with E-state index in [1.54, 1.807) is 0 Å². The largest absolute Gasteiger partial charge is 0.396 e. The Balaban J connectivity index is 2.25. The van der Waals surface area contributed by atoms with Crippen molar-refractivity contribution < 1.29 is 10.4 Å². The van der Waals surface area contributed by atoms with Crippen LogP contribution in [0.2, 0.25) is 0 Å². The predicted molar refractivity (Wildman–Crippen MR) is 56.3 cm³/mol. The Kier molecular flexibility index (Phi) is 5.05. The fraction of sp³-hybridized carbons (Fsp3) is 0.400. The Morgan fingerprint density at radius 2 is 1.92 bits per heavy atom. The third-order valence-electron chi connectivity index (χ3n) is 1.86. The van der Waals surface area contributed by atoms with E-state index in [0.717, 1.165) is 24.0 Å². The molecule has 72 valence electrons. The zero-order valence-electron chi connectivity index (χ0n) is 7.54. The van der Waals surface area contributed by atoms with Crippen LogP contribution in [0.4, 0.5) is 0 Å². The standard InChI is InChI=1S/C10H14BrNO/c11-10-4-2-9(3-5-10)8-12-6-1-7-13/h2-5,12-13H,1,6-8H2/p+1. The zero-order valence-corrected chi connectivity index (χ0v) is 9.13. The number of nitrogens with two attached hydrogens (primary N) is 1. The van der Waals surface area contributed by atoms with Gasteiger partial charge in [0.05, 0.1) is 6.54 Å². The van der Waals surface area contributed by atoms with Crippen molar-refractivity contribution in [1.82, 2.24) is 0 Å². The van der Waals surface area contributed by atoms with Gasteiger partial charge in [-0.3, -0.25) is 0 Å². The molecule has 0 unspecified atom stereocenters. The van der Waals surface area contributed by atoms with Crippen LogP contribution in [0.15, 0.2) is 28.7 Å². The van der Waals surface area contributed by atoms with Crippen LogP contribution in [0, 0.1) is 0 Å². The molecule has 0 fully saturated rings. The number of halogens is 1. The van der Waals surface area contributed by atoms with Gasteiger partial charge in [0.2, 0.25) is 0 Å². The fourth-order valence-electron chi connectivity index (χ4n) is 1.12. The molecule has 0 radical (unpaired) electrons. The quantitative estimate of drug-likeness (QED) is 0.743. The molecule has 0 aliphatic rings. The van der Waals surface area contributed by atoms with Crippen molar-refractivity contribution in [2.24, 2.45) is 0 Å². The number of quaternary nitrogens is 1. The van der Waals surface area contributed by atoms with E-state index in [2.05, 4.69) is 45.5 Å². The molecule has 2 nitrogen and oxygen atoms in total. The van der Waals surface area contributed by atoms with Gasteiger partial charge in [0, 0.05) is 23.1 Å². The summed E-state index contributed by atoms with van der Waals surface area (Å²) in [5.41, 5.74) is 1.32. The molecule has 0 heterocycles. The predicted octanol–water partition coefficient (Wildman–Crippen LogP) is 0.895. The molecule has 0 atom stereocenters. The maximum absolute atomic E-state index is 8.57. The molecule has 3 N–H and O–H groups in total. The van der Waals surface area contributed by atoms with Crippen LogP contribution in [-0.2, 0) is 6.54 Å². The molecule has 0 aliphatic heterocycles. The summed E-state index contributed by atoms with van der Waals surface area (Å²) in [6, 6.07) is 8.32. The van der Waals surface area contributed by atoms with Crippen LogP contribution >= 0.6 is 15.9 Å². The highest BCUT2D eigenvalue weighted by atomic mass is 79.9. The van der Waals surface area contributed by atoms with E-state index in [-0.39, 0.29) is 6.61 Å². The number of hydrogen-bond donors (Lipinski definition) is 2. The van der Waals surface area contributed by atoms with E-state index in [1.807, 2.05) is 0 Å². The second-order valence-electron chi connectivity index (χ2n) is 2.99. The van der Waals surface area contributed by atoms with Gasteiger partial charge in [0.1, 0.15) is 6.54 Å². The average Bonchev–Trinajstić information content (AvgIpc) is 2.15. The van der Waals surface area contributed by atoms with Crippen molar-refractivity contribution in [3.05, 3.63) is 34.3 Å². The van der Waals surface area contributed by atoms with Crippen molar-refractivity contribution in [3.8, 4) is 0 Å². The lowest BCUT2D eigenvalue weighted by molar-refractivity contribution is -0.671. The normalized spacial score (nSPS) is 10.3. The van der Waals surface area contributed by atoms with Gasteiger partial charge >= 0.3 is 0 Å².